The van der Waals surface area contributed by atoms with Crippen LogP contribution in [0.25, 0.3) is 10.2 Å². The largest absolute Gasteiger partial charge is 0.323 e. The molecule has 0 saturated heterocycles. The summed E-state index contributed by atoms with van der Waals surface area (Å²) in [6, 6.07) is 2.08. The van der Waals surface area contributed by atoms with Gasteiger partial charge in [-0.25, -0.2) is 0 Å². The maximum Gasteiger partial charge on any atom is 0.263 e. The predicted molar refractivity (Wildman–Crippen MR) is 91.5 cm³/mol. The van der Waals surface area contributed by atoms with Gasteiger partial charge in [-0.1, -0.05) is 0 Å². The number of rotatable bonds is 2. The van der Waals surface area contributed by atoms with E-state index in [1.807, 2.05) is 0 Å². The van der Waals surface area contributed by atoms with E-state index in [1.54, 1.807) is 27.2 Å². The van der Waals surface area contributed by atoms with E-state index >= 15 is 0 Å². The molecule has 3 aromatic heterocycles. The number of fused-ring (bicyclic) bond motifs is 3. The Kier molecular flexibility index (Phi) is 3.13. The van der Waals surface area contributed by atoms with Gasteiger partial charge in [0.2, 0.25) is 0 Å². The molecule has 3 nitrogen and oxygen atoms in total. The third-order valence-corrected chi connectivity index (χ3v) is 6.65. The van der Waals surface area contributed by atoms with Crippen LogP contribution in [0, 0.1) is 11.7 Å². The van der Waals surface area contributed by atoms with Crippen molar-refractivity contribution in [1.29, 1.82) is 0 Å². The summed E-state index contributed by atoms with van der Waals surface area (Å²) in [6.07, 6.45) is 3.28. The van der Waals surface area contributed by atoms with Crippen molar-refractivity contribution < 1.29 is 0 Å². The summed E-state index contributed by atoms with van der Waals surface area (Å²) in [5.41, 5.74) is 2.54. The summed E-state index contributed by atoms with van der Waals surface area (Å²) in [5.74, 6) is 0. The van der Waals surface area contributed by atoms with Gasteiger partial charge in [-0.3, -0.25) is 9.36 Å². The lowest BCUT2D eigenvalue weighted by atomic mass is 10.2. The minimum Gasteiger partial charge on any atom is -0.323 e. The molecule has 21 heavy (non-hydrogen) atoms. The van der Waals surface area contributed by atoms with E-state index in [4.69, 9.17) is 12.2 Å². The highest BCUT2D eigenvalue weighted by Gasteiger charge is 2.21. The van der Waals surface area contributed by atoms with Crippen molar-refractivity contribution >= 4 is 45.1 Å². The molecule has 6 heteroatoms. The van der Waals surface area contributed by atoms with Crippen LogP contribution in [0.15, 0.2) is 16.2 Å². The number of thiophene rings is 2. The summed E-state index contributed by atoms with van der Waals surface area (Å²) in [4.78, 5) is 19.7. The fourth-order valence-electron chi connectivity index (χ4n) is 2.96. The zero-order valence-corrected chi connectivity index (χ0v) is 14.0. The third-order valence-electron chi connectivity index (χ3n) is 4.12. The fraction of sp³-hybridized carbons (Fsp3) is 0.333. The Morgan fingerprint density at radius 1 is 1.43 bits per heavy atom. The topological polar surface area (TPSA) is 37.8 Å². The average molecular weight is 334 g/mol. The molecular formula is C15H14N2OS3. The van der Waals surface area contributed by atoms with Crippen molar-refractivity contribution in [3.8, 4) is 0 Å². The number of nitrogens with zero attached hydrogens (tertiary/aromatic N) is 1. The smallest absolute Gasteiger partial charge is 0.263 e. The molecule has 0 fully saturated rings. The summed E-state index contributed by atoms with van der Waals surface area (Å²) in [6.45, 7) is 2.64. The molecule has 0 unspecified atom stereocenters. The van der Waals surface area contributed by atoms with Crippen LogP contribution < -0.4 is 5.56 Å². The van der Waals surface area contributed by atoms with Gasteiger partial charge >= 0.3 is 0 Å². The lowest BCUT2D eigenvalue weighted by Crippen LogP contribution is -2.22. The first-order valence-corrected chi connectivity index (χ1v) is 9.06. The molecule has 108 valence electrons. The first-order chi connectivity index (χ1) is 10.1. The fourth-order valence-corrected chi connectivity index (χ4v) is 5.45. The maximum absolute atomic E-state index is 12.9. The minimum absolute atomic E-state index is 0.0703. The van der Waals surface area contributed by atoms with Gasteiger partial charge in [0.05, 0.1) is 11.9 Å². The van der Waals surface area contributed by atoms with Gasteiger partial charge in [-0.2, -0.15) is 0 Å². The molecule has 0 saturated carbocycles. The van der Waals surface area contributed by atoms with Crippen molar-refractivity contribution in [3.63, 3.8) is 0 Å². The number of hydrogen-bond acceptors (Lipinski definition) is 4. The Hall–Kier alpha value is -1.24. The Bertz CT molecular complexity index is 958. The number of H-pyrrole nitrogens is 1. The van der Waals surface area contributed by atoms with Crippen molar-refractivity contribution in [2.75, 3.05) is 0 Å². The van der Waals surface area contributed by atoms with Crippen molar-refractivity contribution in [2.24, 2.45) is 0 Å². The first-order valence-electron chi connectivity index (χ1n) is 6.95. The van der Waals surface area contributed by atoms with Gasteiger partial charge in [-0.05, 0) is 61.0 Å². The second kappa shape index (κ2) is 4.90. The van der Waals surface area contributed by atoms with Gasteiger partial charge in [0.1, 0.15) is 4.83 Å². The van der Waals surface area contributed by atoms with E-state index in [-0.39, 0.29) is 5.56 Å². The molecule has 3 aromatic rings. The molecule has 0 bridgehead atoms. The van der Waals surface area contributed by atoms with E-state index in [2.05, 4.69) is 23.4 Å². The second-order valence-electron chi connectivity index (χ2n) is 5.41. The predicted octanol–water partition coefficient (Wildman–Crippen LogP) is 4.03. The first kappa shape index (κ1) is 13.4. The molecule has 0 amide bonds. The van der Waals surface area contributed by atoms with Crippen LogP contribution in [0.5, 0.6) is 0 Å². The normalized spacial score (nSPS) is 14.0. The molecule has 0 aromatic carbocycles. The molecule has 0 atom stereocenters. The van der Waals surface area contributed by atoms with Gasteiger partial charge < -0.3 is 4.98 Å². The zero-order valence-electron chi connectivity index (χ0n) is 11.6. The van der Waals surface area contributed by atoms with E-state index in [0.29, 0.717) is 11.3 Å². The lowest BCUT2D eigenvalue weighted by Gasteiger charge is -2.06. The zero-order chi connectivity index (χ0) is 14.6. The molecule has 0 aliphatic heterocycles. The maximum atomic E-state index is 12.9. The molecular weight excluding hydrogens is 320 g/mol. The number of aryl methyl sites for hydroxylation is 3. The SMILES string of the molecule is Cc1ccsc1Cn1c(=S)[nH]c2sc3c(c2c1=O)CCC3. The van der Waals surface area contributed by atoms with Crippen LogP contribution in [0.1, 0.15) is 27.3 Å². The summed E-state index contributed by atoms with van der Waals surface area (Å²) < 4.78 is 2.24. The molecule has 0 spiro atoms. The molecule has 1 N–H and O–H groups in total. The highest BCUT2D eigenvalue weighted by Crippen LogP contribution is 2.34. The number of aromatic amines is 1. The molecule has 1 aliphatic rings. The quantitative estimate of drug-likeness (QED) is 0.719. The highest BCUT2D eigenvalue weighted by molar-refractivity contribution is 7.71. The molecule has 1 aliphatic carbocycles. The Morgan fingerprint density at radius 3 is 3.05 bits per heavy atom. The van der Waals surface area contributed by atoms with Gasteiger partial charge in [0.15, 0.2) is 4.77 Å². The Morgan fingerprint density at radius 2 is 2.29 bits per heavy atom. The van der Waals surface area contributed by atoms with E-state index in [1.165, 1.54) is 20.9 Å². The molecule has 4 rings (SSSR count). The van der Waals surface area contributed by atoms with Crippen LogP contribution in [0.4, 0.5) is 0 Å². The summed E-state index contributed by atoms with van der Waals surface area (Å²) in [5, 5.41) is 2.93. The van der Waals surface area contributed by atoms with Crippen LogP contribution in [-0.2, 0) is 19.4 Å². The average Bonchev–Trinajstić information content (AvgIpc) is 3.10. The van der Waals surface area contributed by atoms with Crippen LogP contribution in [0.3, 0.4) is 0 Å². The van der Waals surface area contributed by atoms with E-state index in [9.17, 15) is 4.79 Å². The number of nitrogens with one attached hydrogen (secondary N) is 1. The van der Waals surface area contributed by atoms with Crippen molar-refractivity contribution in [1.82, 2.24) is 9.55 Å². The van der Waals surface area contributed by atoms with Gasteiger partial charge in [0, 0.05) is 9.75 Å². The Labute approximate surface area is 134 Å². The highest BCUT2D eigenvalue weighted by atomic mass is 32.1. The molecule has 3 heterocycles. The molecule has 0 radical (unpaired) electrons. The van der Waals surface area contributed by atoms with Crippen LogP contribution in [0.2, 0.25) is 0 Å². The summed E-state index contributed by atoms with van der Waals surface area (Å²) in [7, 11) is 0. The van der Waals surface area contributed by atoms with Crippen molar-refractivity contribution in [3.05, 3.63) is 47.5 Å². The standard InChI is InChI=1S/C15H14N2OS3/c1-8-5-6-20-11(8)7-17-14(18)12-9-3-2-4-10(9)21-13(12)16-15(17)19/h5-6H,2-4,7H2,1H3,(H,16,19). The van der Waals surface area contributed by atoms with Gasteiger partial charge in [0.25, 0.3) is 5.56 Å². The second-order valence-corrected chi connectivity index (χ2v) is 7.90. The minimum atomic E-state index is 0.0703. The van der Waals surface area contributed by atoms with Crippen LogP contribution >= 0.6 is 34.9 Å². The van der Waals surface area contributed by atoms with Crippen LogP contribution in [-0.4, -0.2) is 9.55 Å². The monoisotopic (exact) mass is 334 g/mol. The van der Waals surface area contributed by atoms with Crippen molar-refractivity contribution in [2.45, 2.75) is 32.7 Å². The van der Waals surface area contributed by atoms with Gasteiger partial charge in [-0.15, -0.1) is 22.7 Å². The lowest BCUT2D eigenvalue weighted by molar-refractivity contribution is 0.741. The van der Waals surface area contributed by atoms with E-state index in [0.717, 1.165) is 29.5 Å². The van der Waals surface area contributed by atoms with E-state index < -0.39 is 0 Å². The summed E-state index contributed by atoms with van der Waals surface area (Å²) >= 11 is 8.79. The third kappa shape index (κ3) is 2.05. The Balaban J connectivity index is 1.95. The number of hydrogen-bond donors (Lipinski definition) is 1. The number of aromatic nitrogens is 2.